The van der Waals surface area contributed by atoms with Crippen molar-refractivity contribution in [2.24, 2.45) is 0 Å². The van der Waals surface area contributed by atoms with Crippen molar-refractivity contribution in [1.29, 1.82) is 0 Å². The molecule has 1 aromatic rings. The molecule has 1 heterocycles. The standard InChI is InChI=1S/C13H12F3NO5S/c1-21-10(18)5-3-4-6-7(5)8(11(19)22-2)9(23-6)17-12(20)13(14,15)16/h5H,3-4H2,1-2H3,(H,17,20)/t5-/m1/s1. The molecule has 0 bridgehead atoms. The van der Waals surface area contributed by atoms with Crippen molar-refractivity contribution < 1.29 is 37.0 Å². The lowest BCUT2D eigenvalue weighted by Crippen LogP contribution is -2.30. The van der Waals surface area contributed by atoms with E-state index >= 15 is 0 Å². The number of aryl methyl sites for hydroxylation is 1. The Balaban J connectivity index is 2.48. The summed E-state index contributed by atoms with van der Waals surface area (Å²) in [6.07, 6.45) is -4.32. The Labute approximate surface area is 132 Å². The summed E-state index contributed by atoms with van der Waals surface area (Å²) in [5, 5.41) is 1.39. The van der Waals surface area contributed by atoms with Crippen LogP contribution in [-0.4, -0.2) is 38.2 Å². The number of halogens is 3. The summed E-state index contributed by atoms with van der Waals surface area (Å²) in [5.74, 6) is -4.48. The van der Waals surface area contributed by atoms with Crippen LogP contribution < -0.4 is 5.32 Å². The summed E-state index contributed by atoms with van der Waals surface area (Å²) in [6.45, 7) is 0. The first-order valence-corrected chi connectivity index (χ1v) is 7.22. The van der Waals surface area contributed by atoms with Gasteiger partial charge in [-0.2, -0.15) is 13.2 Å². The third-order valence-electron chi connectivity index (χ3n) is 3.39. The molecule has 0 spiro atoms. The zero-order valence-electron chi connectivity index (χ0n) is 12.1. The van der Waals surface area contributed by atoms with E-state index in [1.807, 2.05) is 0 Å². The minimum atomic E-state index is -5.09. The number of rotatable bonds is 3. The number of carbonyl (C=O) groups excluding carboxylic acids is 3. The average molecular weight is 351 g/mol. The summed E-state index contributed by atoms with van der Waals surface area (Å²) >= 11 is 0.828. The van der Waals surface area contributed by atoms with Gasteiger partial charge in [0.05, 0.1) is 25.7 Å². The summed E-state index contributed by atoms with van der Waals surface area (Å²) in [5.41, 5.74) is 0.0455. The normalized spacial score (nSPS) is 16.7. The fourth-order valence-corrected chi connectivity index (χ4v) is 3.67. The van der Waals surface area contributed by atoms with Crippen LogP contribution in [0.25, 0.3) is 0 Å². The van der Waals surface area contributed by atoms with E-state index in [0.29, 0.717) is 17.7 Å². The van der Waals surface area contributed by atoms with Gasteiger partial charge >= 0.3 is 24.0 Å². The van der Waals surface area contributed by atoms with Gasteiger partial charge in [-0.25, -0.2) is 4.79 Å². The van der Waals surface area contributed by atoms with E-state index in [1.165, 1.54) is 7.11 Å². The maximum Gasteiger partial charge on any atom is 0.471 e. The van der Waals surface area contributed by atoms with Gasteiger partial charge in [0.15, 0.2) is 0 Å². The highest BCUT2D eigenvalue weighted by Crippen LogP contribution is 2.46. The van der Waals surface area contributed by atoms with Gasteiger partial charge < -0.3 is 14.8 Å². The maximum absolute atomic E-state index is 12.4. The number of thiophene rings is 1. The van der Waals surface area contributed by atoms with Gasteiger partial charge in [-0.1, -0.05) is 0 Å². The number of fused-ring (bicyclic) bond motifs is 1. The molecule has 126 valence electrons. The summed E-state index contributed by atoms with van der Waals surface area (Å²) < 4.78 is 46.5. The van der Waals surface area contributed by atoms with Crippen molar-refractivity contribution in [3.8, 4) is 0 Å². The number of amides is 1. The number of ether oxygens (including phenoxy) is 2. The Bertz CT molecular complexity index is 667. The maximum atomic E-state index is 12.4. The zero-order valence-corrected chi connectivity index (χ0v) is 12.9. The largest absolute Gasteiger partial charge is 0.471 e. The summed E-state index contributed by atoms with van der Waals surface area (Å²) in [7, 11) is 2.24. The topological polar surface area (TPSA) is 81.7 Å². The van der Waals surface area contributed by atoms with Crippen molar-refractivity contribution in [3.63, 3.8) is 0 Å². The van der Waals surface area contributed by atoms with Crippen LogP contribution in [0.1, 0.15) is 33.1 Å². The minimum Gasteiger partial charge on any atom is -0.469 e. The van der Waals surface area contributed by atoms with Gasteiger partial charge in [0, 0.05) is 4.88 Å². The van der Waals surface area contributed by atoms with E-state index in [2.05, 4.69) is 9.47 Å². The van der Waals surface area contributed by atoms with Gasteiger partial charge in [-0.05, 0) is 18.4 Å². The average Bonchev–Trinajstić information content (AvgIpc) is 3.03. The second kappa shape index (κ2) is 6.19. The molecule has 1 aromatic heterocycles. The van der Waals surface area contributed by atoms with Crippen molar-refractivity contribution in [2.45, 2.75) is 24.9 Å². The predicted molar refractivity (Wildman–Crippen MR) is 73.4 cm³/mol. The first-order valence-electron chi connectivity index (χ1n) is 6.40. The van der Waals surface area contributed by atoms with Crippen LogP contribution in [0.15, 0.2) is 0 Å². The highest BCUT2D eigenvalue weighted by atomic mass is 32.1. The van der Waals surface area contributed by atoms with Crippen molar-refractivity contribution in [1.82, 2.24) is 0 Å². The molecular formula is C13H12F3NO5S. The van der Waals surface area contributed by atoms with E-state index in [1.54, 1.807) is 5.32 Å². The summed E-state index contributed by atoms with van der Waals surface area (Å²) in [6, 6.07) is 0. The third-order valence-corrected chi connectivity index (χ3v) is 4.57. The molecule has 0 saturated carbocycles. The molecule has 0 aromatic carbocycles. The molecule has 0 aliphatic heterocycles. The molecule has 0 radical (unpaired) electrons. The van der Waals surface area contributed by atoms with Gasteiger partial charge in [0.2, 0.25) is 0 Å². The van der Waals surface area contributed by atoms with Crippen LogP contribution in [0, 0.1) is 0 Å². The van der Waals surface area contributed by atoms with Gasteiger partial charge in [-0.3, -0.25) is 9.59 Å². The van der Waals surface area contributed by atoms with Crippen LogP contribution in [-0.2, 0) is 25.5 Å². The number of nitrogens with one attached hydrogen (secondary N) is 1. The number of carbonyl (C=O) groups is 3. The van der Waals surface area contributed by atoms with Gasteiger partial charge in [-0.15, -0.1) is 11.3 Å². The second-order valence-electron chi connectivity index (χ2n) is 4.70. The smallest absolute Gasteiger partial charge is 0.469 e. The fraction of sp³-hybridized carbons (Fsp3) is 0.462. The van der Waals surface area contributed by atoms with Crippen LogP contribution in [0.2, 0.25) is 0 Å². The van der Waals surface area contributed by atoms with Crippen LogP contribution in [0.4, 0.5) is 18.2 Å². The highest BCUT2D eigenvalue weighted by Gasteiger charge is 2.42. The first-order chi connectivity index (χ1) is 10.7. The van der Waals surface area contributed by atoms with Crippen molar-refractivity contribution in [3.05, 3.63) is 16.0 Å². The Hall–Kier alpha value is -2.10. The zero-order chi connectivity index (χ0) is 17.4. The molecule has 1 aliphatic carbocycles. The monoisotopic (exact) mass is 351 g/mol. The molecule has 1 N–H and O–H groups in total. The molecule has 1 amide bonds. The molecule has 6 nitrogen and oxygen atoms in total. The first kappa shape index (κ1) is 17.3. The molecule has 10 heteroatoms. The predicted octanol–water partition coefficient (Wildman–Crippen LogP) is 2.24. The van der Waals surface area contributed by atoms with Crippen LogP contribution in [0.5, 0.6) is 0 Å². The van der Waals surface area contributed by atoms with Crippen LogP contribution >= 0.6 is 11.3 Å². The minimum absolute atomic E-state index is 0.224. The fourth-order valence-electron chi connectivity index (χ4n) is 2.41. The van der Waals surface area contributed by atoms with E-state index < -0.39 is 29.9 Å². The molecular weight excluding hydrogens is 339 g/mol. The highest BCUT2D eigenvalue weighted by molar-refractivity contribution is 7.17. The molecule has 1 atom stereocenters. The quantitative estimate of drug-likeness (QED) is 0.845. The second-order valence-corrected chi connectivity index (χ2v) is 5.81. The Kier molecular flexibility index (Phi) is 4.64. The Morgan fingerprint density at radius 3 is 2.39 bits per heavy atom. The van der Waals surface area contributed by atoms with E-state index in [4.69, 9.17) is 0 Å². The SMILES string of the molecule is COC(=O)c1c(NC(=O)C(F)(F)F)sc2c1[C@H](C(=O)OC)CC2. The lowest BCUT2D eigenvalue weighted by Gasteiger charge is -2.12. The molecule has 0 fully saturated rings. The number of hydrogen-bond acceptors (Lipinski definition) is 6. The van der Waals surface area contributed by atoms with Gasteiger partial charge in [0.1, 0.15) is 5.00 Å². The molecule has 2 rings (SSSR count). The molecule has 1 aliphatic rings. The van der Waals surface area contributed by atoms with Crippen LogP contribution in [0.3, 0.4) is 0 Å². The number of hydrogen-bond donors (Lipinski definition) is 1. The van der Waals surface area contributed by atoms with E-state index in [-0.39, 0.29) is 16.1 Å². The Morgan fingerprint density at radius 2 is 1.87 bits per heavy atom. The number of esters is 2. The molecule has 0 unspecified atom stereocenters. The number of anilines is 1. The van der Waals surface area contributed by atoms with Crippen molar-refractivity contribution in [2.75, 3.05) is 19.5 Å². The number of alkyl halides is 3. The van der Waals surface area contributed by atoms with E-state index in [9.17, 15) is 27.6 Å². The Morgan fingerprint density at radius 1 is 1.22 bits per heavy atom. The number of methoxy groups -OCH3 is 2. The van der Waals surface area contributed by atoms with Crippen molar-refractivity contribution >= 4 is 34.2 Å². The van der Waals surface area contributed by atoms with E-state index in [0.717, 1.165) is 18.4 Å². The molecule has 0 saturated heterocycles. The van der Waals surface area contributed by atoms with Gasteiger partial charge in [0.25, 0.3) is 0 Å². The third kappa shape index (κ3) is 3.16. The summed E-state index contributed by atoms with van der Waals surface area (Å²) in [4.78, 5) is 35.4. The lowest BCUT2D eigenvalue weighted by molar-refractivity contribution is -0.167. The molecule has 23 heavy (non-hydrogen) atoms. The lowest BCUT2D eigenvalue weighted by atomic mass is 9.99.